The van der Waals surface area contributed by atoms with E-state index in [0.717, 1.165) is 21.6 Å². The van der Waals surface area contributed by atoms with Gasteiger partial charge in [0.25, 0.3) is 0 Å². The van der Waals surface area contributed by atoms with Gasteiger partial charge in [0, 0.05) is 19.1 Å². The molecule has 0 unspecified atom stereocenters. The lowest BCUT2D eigenvalue weighted by Gasteiger charge is -2.44. The maximum absolute atomic E-state index is 11.4. The Hall–Kier alpha value is -2.97. The fourth-order valence-electron chi connectivity index (χ4n) is 5.25. The van der Waals surface area contributed by atoms with E-state index < -0.39 is 35.5 Å². The Bertz CT molecular complexity index is 1180. The van der Waals surface area contributed by atoms with Crippen molar-refractivity contribution in [3.05, 3.63) is 138 Å². The Morgan fingerprint density at radius 3 is 1.54 bits per heavy atom. The monoisotopic (exact) mass is 542 g/mol. The van der Waals surface area contributed by atoms with E-state index in [-0.39, 0.29) is 6.61 Å². The molecular formula is C33H34O5S. The van der Waals surface area contributed by atoms with Crippen molar-refractivity contribution < 1.29 is 24.1 Å². The van der Waals surface area contributed by atoms with Gasteiger partial charge in [-0.25, -0.2) is 0 Å². The molecule has 1 heterocycles. The second-order valence-corrected chi connectivity index (χ2v) is 10.6. The topological polar surface area (TPSA) is 57.2 Å². The summed E-state index contributed by atoms with van der Waals surface area (Å²) in [4.78, 5) is 1.04. The van der Waals surface area contributed by atoms with E-state index in [2.05, 4.69) is 36.4 Å². The number of aliphatic hydroxyl groups is 1. The van der Waals surface area contributed by atoms with Crippen LogP contribution in [-0.4, -0.2) is 55.8 Å². The maximum atomic E-state index is 11.4. The zero-order valence-electron chi connectivity index (χ0n) is 22.1. The summed E-state index contributed by atoms with van der Waals surface area (Å²) in [7, 11) is 3.21. The Kier molecular flexibility index (Phi) is 9.14. The van der Waals surface area contributed by atoms with Gasteiger partial charge >= 0.3 is 0 Å². The van der Waals surface area contributed by atoms with Gasteiger partial charge in [-0.15, -0.1) is 0 Å². The first-order valence-corrected chi connectivity index (χ1v) is 14.0. The van der Waals surface area contributed by atoms with Gasteiger partial charge in [0.1, 0.15) is 35.5 Å². The van der Waals surface area contributed by atoms with Crippen molar-refractivity contribution in [2.24, 2.45) is 0 Å². The van der Waals surface area contributed by atoms with E-state index in [9.17, 15) is 5.11 Å². The van der Waals surface area contributed by atoms with Gasteiger partial charge < -0.3 is 24.1 Å². The fourth-order valence-corrected chi connectivity index (χ4v) is 6.43. The molecule has 1 saturated heterocycles. The third-order valence-corrected chi connectivity index (χ3v) is 8.32. The van der Waals surface area contributed by atoms with Crippen molar-refractivity contribution in [3.8, 4) is 0 Å². The van der Waals surface area contributed by atoms with Crippen molar-refractivity contribution in [1.29, 1.82) is 0 Å². The molecular weight excluding hydrogens is 508 g/mol. The van der Waals surface area contributed by atoms with Crippen LogP contribution >= 0.6 is 11.8 Å². The highest BCUT2D eigenvalue weighted by Gasteiger charge is 2.48. The van der Waals surface area contributed by atoms with Crippen LogP contribution in [0.2, 0.25) is 0 Å². The molecule has 1 aliphatic rings. The molecule has 39 heavy (non-hydrogen) atoms. The van der Waals surface area contributed by atoms with Crippen LogP contribution in [-0.2, 0) is 24.5 Å². The molecule has 0 radical (unpaired) electrons. The molecule has 5 nitrogen and oxygen atoms in total. The van der Waals surface area contributed by atoms with Gasteiger partial charge in [0.2, 0.25) is 0 Å². The molecule has 0 amide bonds. The van der Waals surface area contributed by atoms with Gasteiger partial charge in [-0.3, -0.25) is 0 Å². The summed E-state index contributed by atoms with van der Waals surface area (Å²) >= 11 is 1.55. The summed E-state index contributed by atoms with van der Waals surface area (Å²) < 4.78 is 25.0. The average Bonchev–Trinajstić information content (AvgIpc) is 3.00. The molecule has 5 atom stereocenters. The van der Waals surface area contributed by atoms with Crippen LogP contribution in [0, 0.1) is 0 Å². The van der Waals surface area contributed by atoms with E-state index in [0.29, 0.717) is 0 Å². The molecule has 0 bridgehead atoms. The number of rotatable bonds is 10. The lowest BCUT2D eigenvalue weighted by atomic mass is 9.80. The van der Waals surface area contributed by atoms with E-state index in [1.807, 2.05) is 84.9 Å². The Morgan fingerprint density at radius 2 is 1.10 bits per heavy atom. The molecule has 1 aliphatic heterocycles. The van der Waals surface area contributed by atoms with Crippen molar-refractivity contribution in [2.75, 3.05) is 20.8 Å². The molecule has 202 valence electrons. The number of ether oxygens (including phenoxy) is 4. The van der Waals surface area contributed by atoms with E-state index in [4.69, 9.17) is 18.9 Å². The molecule has 5 rings (SSSR count). The van der Waals surface area contributed by atoms with E-state index in [1.54, 1.807) is 26.0 Å². The van der Waals surface area contributed by atoms with Gasteiger partial charge in [0.15, 0.2) is 0 Å². The highest BCUT2D eigenvalue weighted by molar-refractivity contribution is 7.99. The Labute approximate surface area is 234 Å². The first-order chi connectivity index (χ1) is 19.2. The molecule has 4 aromatic carbocycles. The highest BCUT2D eigenvalue weighted by atomic mass is 32.2. The first kappa shape index (κ1) is 27.6. The smallest absolute Gasteiger partial charge is 0.143 e. The SMILES string of the molecule is CO[C@@H]1[C@@H](OC)[C@H](O)[C@@H](COC(c2ccccc2)(c2ccccc2)c2ccccc2)O[C@H]1Sc1ccccc1. The number of hydrogen-bond donors (Lipinski definition) is 1. The summed E-state index contributed by atoms with van der Waals surface area (Å²) in [6, 6.07) is 40.6. The van der Waals surface area contributed by atoms with E-state index in [1.165, 1.54) is 0 Å². The highest BCUT2D eigenvalue weighted by Crippen LogP contribution is 2.42. The van der Waals surface area contributed by atoms with Crippen LogP contribution in [0.15, 0.2) is 126 Å². The lowest BCUT2D eigenvalue weighted by Crippen LogP contribution is -2.59. The first-order valence-electron chi connectivity index (χ1n) is 13.1. The minimum absolute atomic E-state index is 0.127. The number of aliphatic hydroxyl groups excluding tert-OH is 1. The third-order valence-electron chi connectivity index (χ3n) is 7.16. The Morgan fingerprint density at radius 1 is 0.667 bits per heavy atom. The van der Waals surface area contributed by atoms with Crippen molar-refractivity contribution in [2.45, 2.75) is 40.3 Å². The maximum Gasteiger partial charge on any atom is 0.143 e. The summed E-state index contributed by atoms with van der Waals surface area (Å²) in [5, 5.41) is 11.4. The fraction of sp³-hybridized carbons (Fsp3) is 0.273. The predicted octanol–water partition coefficient (Wildman–Crippen LogP) is 5.90. The van der Waals surface area contributed by atoms with Crippen molar-refractivity contribution >= 4 is 11.8 Å². The van der Waals surface area contributed by atoms with Gasteiger partial charge in [-0.2, -0.15) is 0 Å². The average molecular weight is 543 g/mol. The molecule has 0 saturated carbocycles. The largest absolute Gasteiger partial charge is 0.387 e. The lowest BCUT2D eigenvalue weighted by molar-refractivity contribution is -0.228. The molecule has 4 aromatic rings. The molecule has 0 aromatic heterocycles. The van der Waals surface area contributed by atoms with Crippen LogP contribution in [0.1, 0.15) is 16.7 Å². The van der Waals surface area contributed by atoms with Crippen LogP contribution in [0.25, 0.3) is 0 Å². The van der Waals surface area contributed by atoms with Crippen LogP contribution in [0.5, 0.6) is 0 Å². The second-order valence-electron chi connectivity index (χ2n) is 9.46. The molecule has 1 fully saturated rings. The molecule has 6 heteroatoms. The van der Waals surface area contributed by atoms with Gasteiger partial charge in [-0.05, 0) is 28.8 Å². The van der Waals surface area contributed by atoms with E-state index >= 15 is 0 Å². The summed E-state index contributed by atoms with van der Waals surface area (Å²) in [6.45, 7) is 0.127. The minimum Gasteiger partial charge on any atom is -0.387 e. The number of methoxy groups -OCH3 is 2. The van der Waals surface area contributed by atoms with Gasteiger partial charge in [-0.1, -0.05) is 121 Å². The molecule has 0 aliphatic carbocycles. The standard InChI is InChI=1S/C33H34O5S/c1-35-30-29(34)28(38-32(31(30)36-2)39-27-21-13-6-14-22-27)23-37-33(24-15-7-3-8-16-24,25-17-9-4-10-18-25)26-19-11-5-12-20-26/h3-22,28-32,34H,23H2,1-2H3/t28-,29-,30+,31-,32+/m1/s1. The summed E-state index contributed by atoms with van der Waals surface area (Å²) in [6.07, 6.45) is -2.66. The quantitative estimate of drug-likeness (QED) is 0.252. The Balaban J connectivity index is 1.51. The third kappa shape index (κ3) is 5.82. The normalized spacial score (nSPS) is 23.4. The van der Waals surface area contributed by atoms with Crippen LogP contribution < -0.4 is 0 Å². The van der Waals surface area contributed by atoms with Crippen molar-refractivity contribution in [3.63, 3.8) is 0 Å². The number of thioether (sulfide) groups is 1. The van der Waals surface area contributed by atoms with Crippen molar-refractivity contribution in [1.82, 2.24) is 0 Å². The number of benzene rings is 4. The molecule has 1 N–H and O–H groups in total. The van der Waals surface area contributed by atoms with Crippen LogP contribution in [0.3, 0.4) is 0 Å². The zero-order chi connectivity index (χ0) is 27.1. The predicted molar refractivity (Wildman–Crippen MR) is 154 cm³/mol. The summed E-state index contributed by atoms with van der Waals surface area (Å²) in [5.41, 5.74) is 1.64. The summed E-state index contributed by atoms with van der Waals surface area (Å²) in [5.74, 6) is 0. The molecule has 0 spiro atoms. The number of hydrogen-bond acceptors (Lipinski definition) is 6. The van der Waals surface area contributed by atoms with Crippen LogP contribution in [0.4, 0.5) is 0 Å². The zero-order valence-corrected chi connectivity index (χ0v) is 22.9. The second kappa shape index (κ2) is 12.9. The minimum atomic E-state index is -0.951. The van der Waals surface area contributed by atoms with Gasteiger partial charge in [0.05, 0.1) is 6.61 Å².